The molecule has 1 aliphatic heterocycles. The summed E-state index contributed by atoms with van der Waals surface area (Å²) in [6.07, 6.45) is 6.81. The van der Waals surface area contributed by atoms with Crippen molar-refractivity contribution in [2.75, 3.05) is 13.2 Å². The lowest BCUT2D eigenvalue weighted by Gasteiger charge is -2.35. The molecule has 0 unspecified atom stereocenters. The molecular formula is C12H15BrN2O3. The first-order valence-corrected chi connectivity index (χ1v) is 6.99. The van der Waals surface area contributed by atoms with Crippen molar-refractivity contribution in [2.45, 2.75) is 37.5 Å². The fraction of sp³-hybridized carbons (Fsp3) is 0.667. The summed E-state index contributed by atoms with van der Waals surface area (Å²) in [5, 5.41) is 0. The van der Waals surface area contributed by atoms with Crippen LogP contribution >= 0.6 is 15.9 Å². The summed E-state index contributed by atoms with van der Waals surface area (Å²) in [5.41, 5.74) is -0.188. The molecule has 1 aromatic heterocycles. The molecule has 2 fully saturated rings. The number of aromatic nitrogens is 2. The molecule has 1 aromatic rings. The van der Waals surface area contributed by atoms with Gasteiger partial charge in [-0.1, -0.05) is 0 Å². The van der Waals surface area contributed by atoms with Gasteiger partial charge in [-0.05, 0) is 28.8 Å². The Morgan fingerprint density at radius 3 is 2.67 bits per heavy atom. The summed E-state index contributed by atoms with van der Waals surface area (Å²) in [6, 6.07) is 0.195. The van der Waals surface area contributed by atoms with Gasteiger partial charge in [0.1, 0.15) is 0 Å². The minimum atomic E-state index is -0.375. The van der Waals surface area contributed by atoms with Crippen molar-refractivity contribution in [3.63, 3.8) is 0 Å². The topological polar surface area (TPSA) is 53.4 Å². The van der Waals surface area contributed by atoms with Crippen LogP contribution in [0.2, 0.25) is 0 Å². The molecule has 0 amide bonds. The van der Waals surface area contributed by atoms with Crippen molar-refractivity contribution in [1.82, 2.24) is 9.55 Å². The largest absolute Gasteiger partial charge is 0.348 e. The number of halogens is 1. The standard InChI is InChI=1S/C12H15BrN2O3/c13-9-7-14-11(16)15(8-9)10-1-3-12(4-2-10)17-5-6-18-12/h7-8,10H,1-6H2. The average molecular weight is 315 g/mol. The first-order valence-electron chi connectivity index (χ1n) is 6.20. The zero-order valence-electron chi connectivity index (χ0n) is 9.97. The maximum atomic E-state index is 11.8. The molecular weight excluding hydrogens is 300 g/mol. The minimum absolute atomic E-state index is 0.188. The minimum Gasteiger partial charge on any atom is -0.348 e. The monoisotopic (exact) mass is 314 g/mol. The molecule has 5 nitrogen and oxygen atoms in total. The fourth-order valence-electron chi connectivity index (χ4n) is 2.77. The van der Waals surface area contributed by atoms with Gasteiger partial charge in [0.25, 0.3) is 0 Å². The van der Waals surface area contributed by atoms with Gasteiger partial charge in [0.05, 0.1) is 17.7 Å². The lowest BCUT2D eigenvalue weighted by atomic mass is 9.90. The molecule has 0 atom stereocenters. The molecule has 0 N–H and O–H groups in total. The van der Waals surface area contributed by atoms with Crippen molar-refractivity contribution in [2.24, 2.45) is 0 Å². The van der Waals surface area contributed by atoms with Crippen LogP contribution in [0.25, 0.3) is 0 Å². The maximum absolute atomic E-state index is 11.8. The van der Waals surface area contributed by atoms with Gasteiger partial charge in [-0.15, -0.1) is 0 Å². The van der Waals surface area contributed by atoms with Crippen LogP contribution in [0.3, 0.4) is 0 Å². The van der Waals surface area contributed by atoms with Gasteiger partial charge in [-0.2, -0.15) is 0 Å². The van der Waals surface area contributed by atoms with E-state index in [1.807, 2.05) is 6.20 Å². The third kappa shape index (κ3) is 2.24. The molecule has 1 spiro atoms. The Balaban J connectivity index is 1.76. The summed E-state index contributed by atoms with van der Waals surface area (Å²) < 4.78 is 13.9. The summed E-state index contributed by atoms with van der Waals surface area (Å²) >= 11 is 3.35. The van der Waals surface area contributed by atoms with Crippen LogP contribution in [-0.4, -0.2) is 28.6 Å². The number of hydrogen-bond donors (Lipinski definition) is 0. The molecule has 98 valence electrons. The van der Waals surface area contributed by atoms with Crippen LogP contribution in [0.15, 0.2) is 21.7 Å². The number of nitrogens with zero attached hydrogens (tertiary/aromatic N) is 2. The average Bonchev–Trinajstić information content (AvgIpc) is 2.82. The first kappa shape index (κ1) is 12.3. The van der Waals surface area contributed by atoms with Gasteiger partial charge in [0, 0.05) is 31.3 Å². The summed E-state index contributed by atoms with van der Waals surface area (Å²) in [7, 11) is 0. The van der Waals surface area contributed by atoms with Crippen molar-refractivity contribution < 1.29 is 9.47 Å². The third-order valence-corrected chi connectivity index (χ3v) is 4.11. The van der Waals surface area contributed by atoms with Crippen molar-refractivity contribution in [3.05, 3.63) is 27.4 Å². The number of hydrogen-bond acceptors (Lipinski definition) is 4. The Hall–Kier alpha value is -0.720. The normalized spacial score (nSPS) is 23.6. The van der Waals surface area contributed by atoms with Crippen LogP contribution in [0, 0.1) is 0 Å². The lowest BCUT2D eigenvalue weighted by Crippen LogP contribution is -2.38. The Labute approximate surface area is 113 Å². The Morgan fingerprint density at radius 1 is 1.33 bits per heavy atom. The van der Waals surface area contributed by atoms with Crippen LogP contribution in [-0.2, 0) is 9.47 Å². The Morgan fingerprint density at radius 2 is 2.00 bits per heavy atom. The second kappa shape index (κ2) is 4.75. The highest BCUT2D eigenvalue weighted by atomic mass is 79.9. The van der Waals surface area contributed by atoms with E-state index in [0.29, 0.717) is 13.2 Å². The second-order valence-electron chi connectivity index (χ2n) is 4.80. The molecule has 1 saturated carbocycles. The van der Waals surface area contributed by atoms with E-state index < -0.39 is 0 Å². The van der Waals surface area contributed by atoms with E-state index in [-0.39, 0.29) is 17.5 Å². The fourth-order valence-corrected chi connectivity index (χ4v) is 3.10. The number of rotatable bonds is 1. The Bertz CT molecular complexity index is 486. The zero-order valence-corrected chi connectivity index (χ0v) is 11.6. The van der Waals surface area contributed by atoms with E-state index in [1.165, 1.54) is 6.20 Å². The van der Waals surface area contributed by atoms with E-state index in [4.69, 9.17) is 9.47 Å². The molecule has 0 bridgehead atoms. The smallest absolute Gasteiger partial charge is 0.347 e. The van der Waals surface area contributed by atoms with E-state index in [2.05, 4.69) is 20.9 Å². The predicted octanol–water partition coefficient (Wildman–Crippen LogP) is 1.86. The van der Waals surface area contributed by atoms with Crippen molar-refractivity contribution >= 4 is 15.9 Å². The zero-order chi connectivity index (χ0) is 12.6. The van der Waals surface area contributed by atoms with Crippen LogP contribution < -0.4 is 5.69 Å². The molecule has 3 rings (SSSR count). The van der Waals surface area contributed by atoms with Gasteiger partial charge in [-0.3, -0.25) is 4.57 Å². The lowest BCUT2D eigenvalue weighted by molar-refractivity contribution is -0.181. The van der Waals surface area contributed by atoms with E-state index in [9.17, 15) is 4.79 Å². The van der Waals surface area contributed by atoms with E-state index in [1.54, 1.807) is 4.57 Å². The highest BCUT2D eigenvalue weighted by molar-refractivity contribution is 9.10. The van der Waals surface area contributed by atoms with Crippen LogP contribution in [0.5, 0.6) is 0 Å². The summed E-state index contributed by atoms with van der Waals surface area (Å²) in [4.78, 5) is 15.6. The van der Waals surface area contributed by atoms with Crippen LogP contribution in [0.4, 0.5) is 0 Å². The first-order chi connectivity index (χ1) is 8.69. The van der Waals surface area contributed by atoms with Gasteiger partial charge in [0.15, 0.2) is 5.79 Å². The molecule has 0 radical (unpaired) electrons. The van der Waals surface area contributed by atoms with Gasteiger partial charge >= 0.3 is 5.69 Å². The molecule has 0 aromatic carbocycles. The van der Waals surface area contributed by atoms with Crippen molar-refractivity contribution in [3.8, 4) is 0 Å². The second-order valence-corrected chi connectivity index (χ2v) is 5.72. The van der Waals surface area contributed by atoms with Crippen LogP contribution in [0.1, 0.15) is 31.7 Å². The number of ether oxygens (including phenoxy) is 2. The van der Waals surface area contributed by atoms with Gasteiger partial charge < -0.3 is 9.47 Å². The highest BCUT2D eigenvalue weighted by Gasteiger charge is 2.40. The maximum Gasteiger partial charge on any atom is 0.347 e. The highest BCUT2D eigenvalue weighted by Crippen LogP contribution is 2.39. The molecule has 6 heteroatoms. The molecule has 2 heterocycles. The molecule has 2 aliphatic rings. The molecule has 18 heavy (non-hydrogen) atoms. The van der Waals surface area contributed by atoms with Crippen molar-refractivity contribution in [1.29, 1.82) is 0 Å². The van der Waals surface area contributed by atoms with Gasteiger partial charge in [-0.25, -0.2) is 9.78 Å². The quantitative estimate of drug-likeness (QED) is 0.794. The Kier molecular flexibility index (Phi) is 3.25. The van der Waals surface area contributed by atoms with Gasteiger partial charge in [0.2, 0.25) is 0 Å². The summed E-state index contributed by atoms with van der Waals surface area (Å²) in [5.74, 6) is -0.375. The predicted molar refractivity (Wildman–Crippen MR) is 68.3 cm³/mol. The summed E-state index contributed by atoms with van der Waals surface area (Å²) in [6.45, 7) is 1.37. The molecule has 1 aliphatic carbocycles. The SMILES string of the molecule is O=c1ncc(Br)cn1C1CCC2(CC1)OCCO2. The third-order valence-electron chi connectivity index (χ3n) is 3.71. The van der Waals surface area contributed by atoms with E-state index >= 15 is 0 Å². The van der Waals surface area contributed by atoms with E-state index in [0.717, 1.165) is 30.2 Å². The molecule has 1 saturated heterocycles.